The number of rotatable bonds is 4. The number of ketones is 1. The summed E-state index contributed by atoms with van der Waals surface area (Å²) in [5.74, 6) is -0.410. The summed E-state index contributed by atoms with van der Waals surface area (Å²) in [4.78, 5) is 23.3. The molecule has 2 N–H and O–H groups in total. The van der Waals surface area contributed by atoms with Crippen molar-refractivity contribution in [3.05, 3.63) is 35.9 Å². The third kappa shape index (κ3) is 4.59. The lowest BCUT2D eigenvalue weighted by molar-refractivity contribution is -0.122. The first kappa shape index (κ1) is 15.0. The lowest BCUT2D eigenvalue weighted by Crippen LogP contribution is -2.41. The number of nitrogens with one attached hydrogen (secondary N) is 1. The molecule has 2 atom stereocenters. The SMILES string of the molecule is O=C(NC1CCC(=O)C(/C=N/O)C1)OCc1ccccc1. The molecule has 1 aromatic carbocycles. The predicted molar refractivity (Wildman–Crippen MR) is 76.2 cm³/mol. The van der Waals surface area contributed by atoms with Crippen LogP contribution in [0.5, 0.6) is 0 Å². The maximum Gasteiger partial charge on any atom is 0.407 e. The summed E-state index contributed by atoms with van der Waals surface area (Å²) in [5, 5.41) is 14.2. The molecular weight excluding hydrogens is 272 g/mol. The van der Waals surface area contributed by atoms with E-state index in [2.05, 4.69) is 10.5 Å². The summed E-state index contributed by atoms with van der Waals surface area (Å²) in [6.07, 6.45) is 2.09. The molecule has 1 aliphatic rings. The summed E-state index contributed by atoms with van der Waals surface area (Å²) in [5.41, 5.74) is 0.914. The van der Waals surface area contributed by atoms with Gasteiger partial charge in [0.05, 0.1) is 12.1 Å². The Bertz CT molecular complexity index is 516. The van der Waals surface area contributed by atoms with Gasteiger partial charge >= 0.3 is 6.09 Å². The molecule has 1 fully saturated rings. The van der Waals surface area contributed by atoms with Gasteiger partial charge < -0.3 is 15.3 Å². The van der Waals surface area contributed by atoms with Gasteiger partial charge in [0.25, 0.3) is 0 Å². The fourth-order valence-electron chi connectivity index (χ4n) is 2.34. The highest BCUT2D eigenvalue weighted by atomic mass is 16.5. The van der Waals surface area contributed by atoms with Crippen LogP contribution in [0, 0.1) is 5.92 Å². The first-order valence-corrected chi connectivity index (χ1v) is 6.86. The maximum absolute atomic E-state index is 11.7. The van der Waals surface area contributed by atoms with Crippen molar-refractivity contribution in [2.24, 2.45) is 11.1 Å². The van der Waals surface area contributed by atoms with Gasteiger partial charge in [-0.05, 0) is 18.4 Å². The second-order valence-electron chi connectivity index (χ2n) is 5.01. The van der Waals surface area contributed by atoms with E-state index in [4.69, 9.17) is 9.94 Å². The van der Waals surface area contributed by atoms with Gasteiger partial charge in [-0.2, -0.15) is 0 Å². The molecule has 2 rings (SSSR count). The minimum atomic E-state index is -0.502. The van der Waals surface area contributed by atoms with Crippen molar-refractivity contribution in [1.29, 1.82) is 0 Å². The van der Waals surface area contributed by atoms with Gasteiger partial charge in [-0.1, -0.05) is 30.3 Å². The number of nitrogens with zero attached hydrogens (tertiary/aromatic N) is 1. The van der Waals surface area contributed by atoms with Crippen LogP contribution in [0.1, 0.15) is 24.8 Å². The Labute approximate surface area is 122 Å². The number of ether oxygens (including phenoxy) is 1. The normalized spacial score (nSPS) is 22.2. The number of carbonyl (C=O) groups excluding carboxylic acids is 2. The standard InChI is InChI=1S/C15H18N2O4/c18-14-7-6-13(8-12(14)9-16-20)17-15(19)21-10-11-4-2-1-3-5-11/h1-5,9,12-13,20H,6-8,10H2,(H,17,19)/b16-9+. The van der Waals surface area contributed by atoms with Crippen molar-refractivity contribution in [2.45, 2.75) is 31.9 Å². The Morgan fingerprint density at radius 1 is 1.43 bits per heavy atom. The molecule has 0 saturated heterocycles. The summed E-state index contributed by atoms with van der Waals surface area (Å²) in [7, 11) is 0. The molecule has 0 spiro atoms. The quantitative estimate of drug-likeness (QED) is 0.505. The Morgan fingerprint density at radius 2 is 2.19 bits per heavy atom. The molecule has 6 nitrogen and oxygen atoms in total. The fraction of sp³-hybridized carbons (Fsp3) is 0.400. The lowest BCUT2D eigenvalue weighted by atomic mass is 9.85. The lowest BCUT2D eigenvalue weighted by Gasteiger charge is -2.26. The number of amides is 1. The van der Waals surface area contributed by atoms with Crippen molar-refractivity contribution in [3.8, 4) is 0 Å². The highest BCUT2D eigenvalue weighted by Crippen LogP contribution is 2.20. The Kier molecular flexibility index (Phi) is 5.31. The minimum Gasteiger partial charge on any atom is -0.445 e. The Balaban J connectivity index is 1.78. The van der Waals surface area contributed by atoms with Gasteiger partial charge in [-0.15, -0.1) is 5.16 Å². The van der Waals surface area contributed by atoms with Gasteiger partial charge in [0, 0.05) is 12.5 Å². The fourth-order valence-corrected chi connectivity index (χ4v) is 2.34. The van der Waals surface area contributed by atoms with Crippen LogP contribution < -0.4 is 5.32 Å². The van der Waals surface area contributed by atoms with E-state index in [0.29, 0.717) is 19.3 Å². The molecule has 1 aliphatic carbocycles. The molecular formula is C15H18N2O4. The third-order valence-corrected chi connectivity index (χ3v) is 3.47. The largest absolute Gasteiger partial charge is 0.445 e. The van der Waals surface area contributed by atoms with Crippen LogP contribution in [0.3, 0.4) is 0 Å². The van der Waals surface area contributed by atoms with E-state index < -0.39 is 12.0 Å². The molecule has 0 aliphatic heterocycles. The van der Waals surface area contributed by atoms with Crippen LogP contribution in [-0.4, -0.2) is 29.3 Å². The molecule has 2 unspecified atom stereocenters. The highest BCUT2D eigenvalue weighted by Gasteiger charge is 2.28. The van der Waals surface area contributed by atoms with E-state index >= 15 is 0 Å². The van der Waals surface area contributed by atoms with E-state index in [9.17, 15) is 9.59 Å². The molecule has 112 valence electrons. The molecule has 21 heavy (non-hydrogen) atoms. The third-order valence-electron chi connectivity index (χ3n) is 3.47. The summed E-state index contributed by atoms with van der Waals surface area (Å²) < 4.78 is 5.13. The van der Waals surface area contributed by atoms with Crippen LogP contribution in [0.15, 0.2) is 35.5 Å². The van der Waals surface area contributed by atoms with Gasteiger partial charge in [0.2, 0.25) is 0 Å². The first-order valence-electron chi connectivity index (χ1n) is 6.86. The van der Waals surface area contributed by atoms with E-state index in [-0.39, 0.29) is 18.4 Å². The number of alkyl carbamates (subject to hydrolysis) is 1. The predicted octanol–water partition coefficient (Wildman–Crippen LogP) is 2.11. The first-order chi connectivity index (χ1) is 10.2. The van der Waals surface area contributed by atoms with E-state index in [1.165, 1.54) is 6.21 Å². The van der Waals surface area contributed by atoms with Crippen LogP contribution >= 0.6 is 0 Å². The number of oxime groups is 1. The smallest absolute Gasteiger partial charge is 0.407 e. The molecule has 1 saturated carbocycles. The Morgan fingerprint density at radius 3 is 2.90 bits per heavy atom. The number of benzene rings is 1. The zero-order valence-corrected chi connectivity index (χ0v) is 11.6. The topological polar surface area (TPSA) is 88.0 Å². The zero-order valence-electron chi connectivity index (χ0n) is 11.6. The zero-order chi connectivity index (χ0) is 15.1. The second kappa shape index (κ2) is 7.42. The Hall–Kier alpha value is -2.37. The average Bonchev–Trinajstić information content (AvgIpc) is 2.50. The van der Waals surface area contributed by atoms with Crippen molar-refractivity contribution < 1.29 is 19.5 Å². The van der Waals surface area contributed by atoms with Gasteiger partial charge in [0.1, 0.15) is 12.4 Å². The van der Waals surface area contributed by atoms with E-state index in [0.717, 1.165) is 5.56 Å². The van der Waals surface area contributed by atoms with Crippen molar-refractivity contribution >= 4 is 18.1 Å². The van der Waals surface area contributed by atoms with Gasteiger partial charge in [-0.3, -0.25) is 4.79 Å². The van der Waals surface area contributed by atoms with Crippen molar-refractivity contribution in [1.82, 2.24) is 5.32 Å². The van der Waals surface area contributed by atoms with Crippen LogP contribution in [-0.2, 0) is 16.1 Å². The minimum absolute atomic E-state index is 0.0310. The monoisotopic (exact) mass is 290 g/mol. The van der Waals surface area contributed by atoms with Crippen molar-refractivity contribution in [3.63, 3.8) is 0 Å². The van der Waals surface area contributed by atoms with Gasteiger partial charge in [-0.25, -0.2) is 4.79 Å². The van der Waals surface area contributed by atoms with Crippen molar-refractivity contribution in [2.75, 3.05) is 0 Å². The van der Waals surface area contributed by atoms with Crippen LogP contribution in [0.4, 0.5) is 4.79 Å². The van der Waals surface area contributed by atoms with E-state index in [1.54, 1.807) is 0 Å². The molecule has 6 heteroatoms. The summed E-state index contributed by atoms with van der Waals surface area (Å²) in [6, 6.07) is 9.25. The summed E-state index contributed by atoms with van der Waals surface area (Å²) >= 11 is 0. The van der Waals surface area contributed by atoms with Gasteiger partial charge in [0.15, 0.2) is 0 Å². The highest BCUT2D eigenvalue weighted by molar-refractivity contribution is 5.95. The number of hydrogen-bond acceptors (Lipinski definition) is 5. The second-order valence-corrected chi connectivity index (χ2v) is 5.01. The molecule has 0 aromatic heterocycles. The molecule has 1 amide bonds. The number of carbonyl (C=O) groups is 2. The summed E-state index contributed by atoms with van der Waals surface area (Å²) in [6.45, 7) is 0.208. The molecule has 0 bridgehead atoms. The van der Waals surface area contributed by atoms with Crippen LogP contribution in [0.25, 0.3) is 0 Å². The maximum atomic E-state index is 11.7. The number of hydrogen-bond donors (Lipinski definition) is 2. The molecule has 1 aromatic rings. The molecule has 0 radical (unpaired) electrons. The average molecular weight is 290 g/mol. The van der Waals surface area contributed by atoms with Crippen LogP contribution in [0.2, 0.25) is 0 Å². The molecule has 0 heterocycles. The number of Topliss-reactive ketones (excluding diaryl/α,β-unsaturated/α-hetero) is 1. The van der Waals surface area contributed by atoms with E-state index in [1.807, 2.05) is 30.3 Å².